The Morgan fingerprint density at radius 1 is 1.05 bits per heavy atom. The molecule has 0 aliphatic heterocycles. The molecular weight excluding hydrogens is 284 g/mol. The van der Waals surface area contributed by atoms with Crippen LogP contribution in [-0.4, -0.2) is 35.1 Å². The standard InChI is InChI=1S/C15H28O3Si2/c1-7-17-15(16)18-14-19(5,6)12-11-13-20(8-2,9-3)10-4/h8-10H,2-4,7,11-14H2,1,5-6H3. The van der Waals surface area contributed by atoms with Crippen molar-refractivity contribution in [2.75, 3.05) is 12.8 Å². The van der Waals surface area contributed by atoms with Gasteiger partial charge in [-0.1, -0.05) is 42.7 Å². The van der Waals surface area contributed by atoms with Crippen molar-refractivity contribution in [1.29, 1.82) is 0 Å². The predicted molar refractivity (Wildman–Crippen MR) is 91.0 cm³/mol. The summed E-state index contributed by atoms with van der Waals surface area (Å²) in [5, 5.41) is 0. The van der Waals surface area contributed by atoms with Crippen LogP contribution in [-0.2, 0) is 9.47 Å². The highest BCUT2D eigenvalue weighted by molar-refractivity contribution is 6.93. The summed E-state index contributed by atoms with van der Waals surface area (Å²) in [4.78, 5) is 11.2. The molecule has 0 bridgehead atoms. The van der Waals surface area contributed by atoms with Crippen LogP contribution in [0.5, 0.6) is 0 Å². The zero-order valence-corrected chi connectivity index (χ0v) is 15.1. The highest BCUT2D eigenvalue weighted by atomic mass is 28.3. The lowest BCUT2D eigenvalue weighted by Crippen LogP contribution is -2.35. The molecule has 20 heavy (non-hydrogen) atoms. The van der Waals surface area contributed by atoms with Crippen molar-refractivity contribution >= 4 is 22.3 Å². The van der Waals surface area contributed by atoms with E-state index in [0.29, 0.717) is 12.8 Å². The van der Waals surface area contributed by atoms with Crippen molar-refractivity contribution < 1.29 is 14.3 Å². The van der Waals surface area contributed by atoms with Gasteiger partial charge in [-0.05, 0) is 13.0 Å². The third-order valence-electron chi connectivity index (χ3n) is 3.45. The summed E-state index contributed by atoms with van der Waals surface area (Å²) in [5.74, 6) is 0. The van der Waals surface area contributed by atoms with Crippen molar-refractivity contribution in [3.05, 3.63) is 36.8 Å². The molecule has 0 atom stereocenters. The van der Waals surface area contributed by atoms with Gasteiger partial charge in [-0.25, -0.2) is 4.79 Å². The van der Waals surface area contributed by atoms with Crippen molar-refractivity contribution in [2.24, 2.45) is 0 Å². The molecule has 0 fully saturated rings. The van der Waals surface area contributed by atoms with Gasteiger partial charge < -0.3 is 9.47 Å². The van der Waals surface area contributed by atoms with Crippen LogP contribution < -0.4 is 0 Å². The van der Waals surface area contributed by atoms with E-state index in [0.717, 1.165) is 18.5 Å². The third kappa shape index (κ3) is 6.91. The molecule has 5 heteroatoms. The van der Waals surface area contributed by atoms with E-state index in [4.69, 9.17) is 9.47 Å². The lowest BCUT2D eigenvalue weighted by Gasteiger charge is -2.24. The molecule has 0 radical (unpaired) electrons. The number of ether oxygens (including phenoxy) is 2. The topological polar surface area (TPSA) is 35.5 Å². The van der Waals surface area contributed by atoms with Gasteiger partial charge >= 0.3 is 6.16 Å². The number of carbonyl (C=O) groups is 1. The Hall–Kier alpha value is -1.08. The SMILES string of the molecule is C=C[Si](C=C)(C=C)CCC[Si](C)(C)COC(=O)OCC. The average Bonchev–Trinajstić information content (AvgIpc) is 2.42. The maximum Gasteiger partial charge on any atom is 0.507 e. The van der Waals surface area contributed by atoms with Crippen LogP contribution in [0.4, 0.5) is 4.79 Å². The fourth-order valence-electron chi connectivity index (χ4n) is 1.92. The first kappa shape index (κ1) is 18.9. The van der Waals surface area contributed by atoms with E-state index in [-0.39, 0.29) is 0 Å². The minimum absolute atomic E-state index is 0.354. The largest absolute Gasteiger partial charge is 0.507 e. The van der Waals surface area contributed by atoms with Gasteiger partial charge in [-0.15, -0.1) is 19.7 Å². The molecule has 0 spiro atoms. The van der Waals surface area contributed by atoms with E-state index in [1.54, 1.807) is 6.92 Å². The minimum Gasteiger partial charge on any atom is -0.438 e. The Morgan fingerprint density at radius 2 is 1.60 bits per heavy atom. The van der Waals surface area contributed by atoms with E-state index >= 15 is 0 Å². The first-order chi connectivity index (χ1) is 9.34. The molecule has 0 unspecified atom stereocenters. The van der Waals surface area contributed by atoms with E-state index in [9.17, 15) is 4.79 Å². The quantitative estimate of drug-likeness (QED) is 0.442. The normalized spacial score (nSPS) is 11.6. The summed E-state index contributed by atoms with van der Waals surface area (Å²) in [6, 6.07) is 2.19. The van der Waals surface area contributed by atoms with Gasteiger partial charge in [0.05, 0.1) is 20.9 Å². The zero-order valence-electron chi connectivity index (χ0n) is 13.1. The van der Waals surface area contributed by atoms with Gasteiger partial charge in [-0.3, -0.25) is 0 Å². The first-order valence-electron chi connectivity index (χ1n) is 7.05. The summed E-state index contributed by atoms with van der Waals surface area (Å²) in [5.41, 5.74) is 6.07. The Balaban J connectivity index is 4.21. The summed E-state index contributed by atoms with van der Waals surface area (Å²) in [7, 11) is -3.23. The van der Waals surface area contributed by atoms with Crippen LogP contribution in [0.25, 0.3) is 0 Å². The lowest BCUT2D eigenvalue weighted by molar-refractivity contribution is 0.0701. The molecule has 0 aromatic rings. The van der Waals surface area contributed by atoms with Gasteiger partial charge in [0, 0.05) is 0 Å². The van der Waals surface area contributed by atoms with Crippen LogP contribution in [0.1, 0.15) is 13.3 Å². The van der Waals surface area contributed by atoms with Crippen molar-refractivity contribution in [3.8, 4) is 0 Å². The van der Waals surface area contributed by atoms with Gasteiger partial charge in [0.2, 0.25) is 0 Å². The molecule has 0 aromatic heterocycles. The molecule has 0 aliphatic rings. The number of hydrogen-bond acceptors (Lipinski definition) is 3. The molecule has 0 aromatic carbocycles. The average molecular weight is 313 g/mol. The molecule has 0 saturated carbocycles. The fourth-order valence-corrected chi connectivity index (χ4v) is 5.96. The van der Waals surface area contributed by atoms with E-state index < -0.39 is 22.3 Å². The van der Waals surface area contributed by atoms with Gasteiger partial charge in [0.25, 0.3) is 0 Å². The molecule has 0 rings (SSSR count). The van der Waals surface area contributed by atoms with Crippen LogP contribution in [0.3, 0.4) is 0 Å². The fraction of sp³-hybridized carbons (Fsp3) is 0.533. The Labute approximate surface area is 125 Å². The second kappa shape index (κ2) is 8.97. The maximum absolute atomic E-state index is 11.2. The predicted octanol–water partition coefficient (Wildman–Crippen LogP) is 4.42. The summed E-state index contributed by atoms with van der Waals surface area (Å²) >= 11 is 0. The van der Waals surface area contributed by atoms with Crippen molar-refractivity contribution in [1.82, 2.24) is 0 Å². The lowest BCUT2D eigenvalue weighted by atomic mass is 10.6. The highest BCUT2D eigenvalue weighted by Gasteiger charge is 2.26. The smallest absolute Gasteiger partial charge is 0.438 e. The van der Waals surface area contributed by atoms with Crippen LogP contribution in [0.15, 0.2) is 36.8 Å². The summed E-state index contributed by atoms with van der Waals surface area (Å²) in [6.45, 7) is 18.3. The molecule has 0 saturated heterocycles. The molecule has 0 N–H and O–H groups in total. The monoisotopic (exact) mass is 312 g/mol. The minimum atomic E-state index is -1.69. The molecule has 0 amide bonds. The number of hydrogen-bond donors (Lipinski definition) is 0. The maximum atomic E-state index is 11.2. The molecule has 0 heterocycles. The van der Waals surface area contributed by atoms with E-state index in [1.807, 2.05) is 17.1 Å². The van der Waals surface area contributed by atoms with E-state index in [2.05, 4.69) is 32.8 Å². The van der Waals surface area contributed by atoms with Crippen LogP contribution in [0.2, 0.25) is 25.2 Å². The van der Waals surface area contributed by atoms with Gasteiger partial charge in [0.15, 0.2) is 0 Å². The van der Waals surface area contributed by atoms with Crippen molar-refractivity contribution in [3.63, 3.8) is 0 Å². The summed E-state index contributed by atoms with van der Waals surface area (Å²) in [6.07, 6.45) is 1.05. The second-order valence-electron chi connectivity index (χ2n) is 5.71. The van der Waals surface area contributed by atoms with Gasteiger partial charge in [-0.2, -0.15) is 0 Å². The second-order valence-corrected chi connectivity index (χ2v) is 14.8. The van der Waals surface area contributed by atoms with Crippen LogP contribution in [0, 0.1) is 0 Å². The van der Waals surface area contributed by atoms with E-state index in [1.165, 1.54) is 0 Å². The molecule has 3 nitrogen and oxygen atoms in total. The van der Waals surface area contributed by atoms with Crippen LogP contribution >= 0.6 is 0 Å². The summed E-state index contributed by atoms with van der Waals surface area (Å²) < 4.78 is 9.94. The third-order valence-corrected chi connectivity index (χ3v) is 9.58. The Morgan fingerprint density at radius 3 is 2.05 bits per heavy atom. The number of rotatable bonds is 10. The first-order valence-corrected chi connectivity index (χ1v) is 12.9. The molecule has 114 valence electrons. The molecular formula is C15H28O3Si2. The van der Waals surface area contributed by atoms with Crippen molar-refractivity contribution in [2.45, 2.75) is 38.5 Å². The Kier molecular flexibility index (Phi) is 8.49. The zero-order chi connectivity index (χ0) is 15.6. The highest BCUT2D eigenvalue weighted by Crippen LogP contribution is 2.22. The van der Waals surface area contributed by atoms with Gasteiger partial charge in [0.1, 0.15) is 8.07 Å². The number of carbonyl (C=O) groups excluding carboxylic acids is 1. The molecule has 0 aliphatic carbocycles. The Bertz CT molecular complexity index is 329.